The lowest BCUT2D eigenvalue weighted by molar-refractivity contribution is 0.331. The molecule has 5 N–H and O–H groups in total. The third-order valence-corrected chi connectivity index (χ3v) is 5.07. The molecule has 0 saturated carbocycles. The number of amidine groups is 1. The lowest BCUT2D eigenvalue weighted by Gasteiger charge is -2.21. The van der Waals surface area contributed by atoms with Crippen LogP contribution in [-0.2, 0) is 0 Å². The highest BCUT2D eigenvalue weighted by Gasteiger charge is 2.26. The second-order valence-corrected chi connectivity index (χ2v) is 7.34. The Morgan fingerprint density at radius 1 is 1.29 bits per heavy atom. The van der Waals surface area contributed by atoms with Crippen LogP contribution in [0.5, 0.6) is 11.5 Å². The third-order valence-electron chi connectivity index (χ3n) is 5.07. The average molecular weight is 478 g/mol. The Balaban J connectivity index is 1.84. The Labute approximate surface area is 199 Å². The maximum absolute atomic E-state index is 15.5. The van der Waals surface area contributed by atoms with Crippen molar-refractivity contribution in [3.05, 3.63) is 88.0 Å². The number of aromatic nitrogens is 5. The van der Waals surface area contributed by atoms with Crippen LogP contribution < -0.4 is 26.2 Å². The van der Waals surface area contributed by atoms with E-state index < -0.39 is 17.5 Å². The minimum atomic E-state index is -0.960. The Kier molecular flexibility index (Phi) is 6.71. The van der Waals surface area contributed by atoms with Gasteiger partial charge >= 0.3 is 5.69 Å². The lowest BCUT2D eigenvalue weighted by atomic mass is 10.0. The normalized spacial score (nSPS) is 11.6. The van der Waals surface area contributed by atoms with Crippen LogP contribution in [0.3, 0.4) is 0 Å². The van der Waals surface area contributed by atoms with Gasteiger partial charge in [0.05, 0.1) is 13.7 Å². The van der Waals surface area contributed by atoms with Crippen LogP contribution in [0.2, 0.25) is 0 Å². The largest absolute Gasteiger partial charge is 0.494 e. The fourth-order valence-corrected chi connectivity index (χ4v) is 3.44. The number of rotatable bonds is 9. The Morgan fingerprint density at radius 2 is 2.06 bits per heavy atom. The summed E-state index contributed by atoms with van der Waals surface area (Å²) in [5.41, 5.74) is 6.18. The Bertz CT molecular complexity index is 1390. The number of anilines is 1. The van der Waals surface area contributed by atoms with Gasteiger partial charge in [-0.25, -0.2) is 9.18 Å². The minimum Gasteiger partial charge on any atom is -0.494 e. The van der Waals surface area contributed by atoms with Crippen molar-refractivity contribution >= 4 is 11.5 Å². The average Bonchev–Trinajstić information content (AvgIpc) is 3.26. The fraction of sp³-hybridized carbons (Fsp3) is 0.174. The van der Waals surface area contributed by atoms with Crippen molar-refractivity contribution in [2.75, 3.05) is 19.0 Å². The number of benzene rings is 2. The molecule has 0 bridgehead atoms. The first-order valence-corrected chi connectivity index (χ1v) is 10.6. The molecule has 4 rings (SSSR count). The summed E-state index contributed by atoms with van der Waals surface area (Å²) >= 11 is 0. The predicted octanol–water partition coefficient (Wildman–Crippen LogP) is 2.38. The van der Waals surface area contributed by atoms with Gasteiger partial charge in [-0.3, -0.25) is 10.4 Å². The number of aromatic amines is 1. The van der Waals surface area contributed by atoms with E-state index >= 15 is 4.39 Å². The molecule has 0 amide bonds. The van der Waals surface area contributed by atoms with Gasteiger partial charge < -0.3 is 20.5 Å². The minimum absolute atomic E-state index is 0.0274. The summed E-state index contributed by atoms with van der Waals surface area (Å²) < 4.78 is 27.4. The van der Waals surface area contributed by atoms with Crippen molar-refractivity contribution in [2.45, 2.75) is 13.0 Å². The number of H-pyrrole nitrogens is 1. The second kappa shape index (κ2) is 10.0. The number of hydrogen-bond acceptors (Lipinski definition) is 8. The van der Waals surface area contributed by atoms with E-state index in [1.54, 1.807) is 36.4 Å². The first-order chi connectivity index (χ1) is 16.9. The molecule has 35 heavy (non-hydrogen) atoms. The number of nitrogens with one attached hydrogen (secondary N) is 3. The van der Waals surface area contributed by atoms with Crippen LogP contribution in [0.1, 0.15) is 29.9 Å². The number of ether oxygens (including phenoxy) is 2. The highest BCUT2D eigenvalue weighted by molar-refractivity contribution is 5.95. The topological polar surface area (TPSA) is 157 Å². The van der Waals surface area contributed by atoms with Crippen LogP contribution >= 0.6 is 0 Å². The van der Waals surface area contributed by atoms with E-state index in [2.05, 4.69) is 25.6 Å². The molecule has 0 aliphatic rings. The third kappa shape index (κ3) is 4.95. The van der Waals surface area contributed by atoms with Crippen LogP contribution in [0.15, 0.2) is 59.5 Å². The monoisotopic (exact) mass is 478 g/mol. The van der Waals surface area contributed by atoms with E-state index in [1.165, 1.54) is 25.4 Å². The van der Waals surface area contributed by atoms with E-state index in [9.17, 15) is 4.79 Å². The van der Waals surface area contributed by atoms with Crippen molar-refractivity contribution in [3.8, 4) is 17.3 Å². The molecule has 0 aliphatic carbocycles. The number of hydrogen-bond donors (Lipinski definition) is 4. The number of halogens is 1. The van der Waals surface area contributed by atoms with Crippen LogP contribution in [0.25, 0.3) is 5.82 Å². The van der Waals surface area contributed by atoms with Gasteiger partial charge in [-0.15, -0.1) is 10.2 Å². The summed E-state index contributed by atoms with van der Waals surface area (Å²) in [6.07, 6.45) is 1.47. The van der Waals surface area contributed by atoms with Crippen molar-refractivity contribution in [2.24, 2.45) is 5.73 Å². The molecule has 0 saturated heterocycles. The standard InChI is InChI=1S/C23H23FN8O3/c1-3-35-15-11-16(19(24)17(12-15)34-2)20(28-14-8-6-13(7-9-14)21(25)26)22-29-23(33)32(31-22)18-5-4-10-27-30-18/h4-12,20,28H,3H2,1-2H3,(H3,25,26)(H,29,31,33). The summed E-state index contributed by atoms with van der Waals surface area (Å²) in [7, 11) is 1.35. The van der Waals surface area contributed by atoms with Gasteiger partial charge in [0, 0.05) is 29.1 Å². The van der Waals surface area contributed by atoms with Crippen LogP contribution in [0, 0.1) is 11.2 Å². The molecule has 0 spiro atoms. The highest BCUT2D eigenvalue weighted by atomic mass is 19.1. The molecule has 1 atom stereocenters. The molecule has 11 nitrogen and oxygen atoms in total. The lowest BCUT2D eigenvalue weighted by Crippen LogP contribution is -2.18. The molecule has 2 heterocycles. The Hall–Kier alpha value is -4.74. The van der Waals surface area contributed by atoms with Crippen molar-refractivity contribution in [3.63, 3.8) is 0 Å². The molecule has 0 aliphatic heterocycles. The van der Waals surface area contributed by atoms with Crippen molar-refractivity contribution < 1.29 is 13.9 Å². The van der Waals surface area contributed by atoms with E-state index in [0.29, 0.717) is 23.6 Å². The zero-order valence-electron chi connectivity index (χ0n) is 18.9. The molecule has 4 aromatic rings. The SMILES string of the molecule is CCOc1cc(OC)c(F)c(C(Nc2ccc(C(=N)N)cc2)c2nn(-c3cccnn3)c(=O)[nH]2)c1. The van der Waals surface area contributed by atoms with Gasteiger partial charge in [-0.05, 0) is 49.4 Å². The number of nitrogen functional groups attached to an aromatic ring is 1. The van der Waals surface area contributed by atoms with E-state index in [4.69, 9.17) is 20.6 Å². The molecule has 0 fully saturated rings. The van der Waals surface area contributed by atoms with Gasteiger partial charge in [0.1, 0.15) is 17.6 Å². The van der Waals surface area contributed by atoms with Crippen molar-refractivity contribution in [1.82, 2.24) is 25.0 Å². The molecule has 0 radical (unpaired) electrons. The molecule has 1 unspecified atom stereocenters. The van der Waals surface area contributed by atoms with Crippen LogP contribution in [-0.4, -0.2) is 44.5 Å². The van der Waals surface area contributed by atoms with Gasteiger partial charge in [-0.1, -0.05) is 0 Å². The quantitative estimate of drug-likeness (QED) is 0.211. The fourth-order valence-electron chi connectivity index (χ4n) is 3.44. The molecular weight excluding hydrogens is 455 g/mol. The highest BCUT2D eigenvalue weighted by Crippen LogP contribution is 2.34. The van der Waals surface area contributed by atoms with E-state index in [0.717, 1.165) is 4.68 Å². The molecule has 2 aromatic carbocycles. The Morgan fingerprint density at radius 3 is 2.69 bits per heavy atom. The van der Waals surface area contributed by atoms with Gasteiger partial charge in [0.25, 0.3) is 0 Å². The smallest absolute Gasteiger partial charge is 0.349 e. The van der Waals surface area contributed by atoms with Crippen molar-refractivity contribution in [1.29, 1.82) is 5.41 Å². The molecule has 12 heteroatoms. The van der Waals surface area contributed by atoms with Gasteiger partial charge in [0.2, 0.25) is 0 Å². The summed E-state index contributed by atoms with van der Waals surface area (Å²) in [5.74, 6) is -0.0591. The zero-order chi connectivity index (χ0) is 24.9. The maximum atomic E-state index is 15.5. The molecular formula is C23H23FN8O3. The maximum Gasteiger partial charge on any atom is 0.349 e. The van der Waals surface area contributed by atoms with E-state index in [1.807, 2.05) is 6.92 Å². The second-order valence-electron chi connectivity index (χ2n) is 7.34. The molecule has 180 valence electrons. The van der Waals surface area contributed by atoms with Gasteiger partial charge in [0.15, 0.2) is 23.2 Å². The number of nitrogens with two attached hydrogens (primary N) is 1. The van der Waals surface area contributed by atoms with Crippen LogP contribution in [0.4, 0.5) is 10.1 Å². The summed E-state index contributed by atoms with van der Waals surface area (Å²) in [6, 6.07) is 11.9. The summed E-state index contributed by atoms with van der Waals surface area (Å²) in [4.78, 5) is 15.4. The first kappa shape index (κ1) is 23.4. The van der Waals surface area contributed by atoms with Gasteiger partial charge in [-0.2, -0.15) is 9.78 Å². The predicted molar refractivity (Wildman–Crippen MR) is 127 cm³/mol. The number of methoxy groups -OCH3 is 1. The summed E-state index contributed by atoms with van der Waals surface area (Å²) in [6.45, 7) is 2.17. The van der Waals surface area contributed by atoms with E-state index in [-0.39, 0.29) is 28.8 Å². The first-order valence-electron chi connectivity index (χ1n) is 10.6. The summed E-state index contributed by atoms with van der Waals surface area (Å²) in [5, 5.41) is 22.8. The molecule has 2 aromatic heterocycles. The zero-order valence-corrected chi connectivity index (χ0v) is 18.9. The number of nitrogens with zero attached hydrogens (tertiary/aromatic N) is 4.